The third-order valence-electron chi connectivity index (χ3n) is 2.58. The molecule has 1 aromatic heterocycles. The van der Waals surface area contributed by atoms with E-state index >= 15 is 0 Å². The van der Waals surface area contributed by atoms with E-state index < -0.39 is 0 Å². The van der Waals surface area contributed by atoms with E-state index in [4.69, 9.17) is 11.6 Å². The minimum atomic E-state index is 0.00976. The number of thiazole rings is 1. The molecule has 0 aliphatic carbocycles. The highest BCUT2D eigenvalue weighted by atomic mass is 35.5. The molecule has 0 fully saturated rings. The van der Waals surface area contributed by atoms with Gasteiger partial charge in [0.05, 0.1) is 11.4 Å². The van der Waals surface area contributed by atoms with Crippen molar-refractivity contribution in [2.24, 2.45) is 0 Å². The summed E-state index contributed by atoms with van der Waals surface area (Å²) in [7, 11) is 0. The van der Waals surface area contributed by atoms with Crippen molar-refractivity contribution in [2.45, 2.75) is 19.8 Å². The average molecular weight is 295 g/mol. The molecular weight excluding hydrogens is 280 g/mol. The van der Waals surface area contributed by atoms with Crippen molar-refractivity contribution >= 4 is 28.8 Å². The molecule has 2 rings (SSSR count). The van der Waals surface area contributed by atoms with Crippen LogP contribution in [0.25, 0.3) is 0 Å². The van der Waals surface area contributed by atoms with E-state index in [9.17, 15) is 4.79 Å². The van der Waals surface area contributed by atoms with Crippen LogP contribution in [0.2, 0.25) is 5.02 Å². The molecule has 2 aromatic rings. The highest BCUT2D eigenvalue weighted by Crippen LogP contribution is 2.12. The SMILES string of the molecule is Cc1cnc(CCNC(=O)Cc2cccc(Cl)c2)s1. The lowest BCUT2D eigenvalue weighted by atomic mass is 10.1. The topological polar surface area (TPSA) is 42.0 Å². The van der Waals surface area contributed by atoms with E-state index in [1.807, 2.05) is 31.3 Å². The largest absolute Gasteiger partial charge is 0.355 e. The Hall–Kier alpha value is -1.39. The molecule has 0 unspecified atom stereocenters. The highest BCUT2D eigenvalue weighted by Gasteiger charge is 2.04. The third-order valence-corrected chi connectivity index (χ3v) is 3.79. The molecule has 1 amide bonds. The van der Waals surface area contributed by atoms with Crippen LogP contribution in [0.4, 0.5) is 0 Å². The number of aromatic nitrogens is 1. The summed E-state index contributed by atoms with van der Waals surface area (Å²) >= 11 is 7.54. The number of hydrogen-bond acceptors (Lipinski definition) is 3. The zero-order valence-corrected chi connectivity index (χ0v) is 12.2. The molecule has 5 heteroatoms. The van der Waals surface area contributed by atoms with Gasteiger partial charge >= 0.3 is 0 Å². The van der Waals surface area contributed by atoms with E-state index in [-0.39, 0.29) is 5.91 Å². The van der Waals surface area contributed by atoms with Crippen molar-refractivity contribution in [2.75, 3.05) is 6.54 Å². The fourth-order valence-electron chi connectivity index (χ4n) is 1.72. The summed E-state index contributed by atoms with van der Waals surface area (Å²) in [6.45, 7) is 2.64. The highest BCUT2D eigenvalue weighted by molar-refractivity contribution is 7.11. The summed E-state index contributed by atoms with van der Waals surface area (Å²) in [5.74, 6) is 0.00976. The second-order valence-electron chi connectivity index (χ2n) is 4.27. The summed E-state index contributed by atoms with van der Waals surface area (Å²) < 4.78 is 0. The standard InChI is InChI=1S/C14H15ClN2OS/c1-10-9-17-14(19-10)5-6-16-13(18)8-11-3-2-4-12(15)7-11/h2-4,7,9H,5-6,8H2,1H3,(H,16,18). The van der Waals surface area contributed by atoms with Gasteiger partial charge in [-0.2, -0.15) is 0 Å². The van der Waals surface area contributed by atoms with E-state index in [1.54, 1.807) is 17.4 Å². The smallest absolute Gasteiger partial charge is 0.224 e. The number of nitrogens with one attached hydrogen (secondary N) is 1. The zero-order valence-electron chi connectivity index (χ0n) is 10.6. The van der Waals surface area contributed by atoms with Crippen molar-refractivity contribution in [3.05, 3.63) is 50.9 Å². The second-order valence-corrected chi connectivity index (χ2v) is 6.03. The maximum absolute atomic E-state index is 11.7. The molecule has 0 atom stereocenters. The number of nitrogens with zero attached hydrogens (tertiary/aromatic N) is 1. The van der Waals surface area contributed by atoms with Crippen LogP contribution in [-0.2, 0) is 17.6 Å². The van der Waals surface area contributed by atoms with Crippen LogP contribution in [0.1, 0.15) is 15.4 Å². The molecule has 100 valence electrons. The summed E-state index contributed by atoms with van der Waals surface area (Å²) in [5.41, 5.74) is 0.926. The fourth-order valence-corrected chi connectivity index (χ4v) is 2.72. The van der Waals surface area contributed by atoms with E-state index in [2.05, 4.69) is 10.3 Å². The molecule has 19 heavy (non-hydrogen) atoms. The summed E-state index contributed by atoms with van der Waals surface area (Å²) in [4.78, 5) is 17.2. The van der Waals surface area contributed by atoms with E-state index in [0.29, 0.717) is 18.0 Å². The first-order valence-electron chi connectivity index (χ1n) is 6.06. The van der Waals surface area contributed by atoms with Crippen molar-refractivity contribution in [1.82, 2.24) is 10.3 Å². The van der Waals surface area contributed by atoms with Gasteiger partial charge in [-0.25, -0.2) is 4.98 Å². The van der Waals surface area contributed by atoms with Gasteiger partial charge in [0.1, 0.15) is 0 Å². The normalized spacial score (nSPS) is 10.4. The first kappa shape index (κ1) is 14.0. The lowest BCUT2D eigenvalue weighted by molar-refractivity contribution is -0.120. The Kier molecular flexibility index (Phi) is 4.93. The molecule has 0 aliphatic rings. The third kappa shape index (κ3) is 4.65. The predicted octanol–water partition coefficient (Wildman–Crippen LogP) is 3.01. The number of rotatable bonds is 5. The van der Waals surface area contributed by atoms with Crippen LogP contribution in [0.3, 0.4) is 0 Å². The number of aryl methyl sites for hydroxylation is 1. The van der Waals surface area contributed by atoms with Crippen LogP contribution in [0, 0.1) is 6.92 Å². The van der Waals surface area contributed by atoms with E-state index in [0.717, 1.165) is 17.0 Å². The quantitative estimate of drug-likeness (QED) is 0.921. The van der Waals surface area contributed by atoms with Gasteiger partial charge in [0, 0.05) is 29.1 Å². The number of amides is 1. The van der Waals surface area contributed by atoms with E-state index in [1.165, 1.54) is 4.88 Å². The van der Waals surface area contributed by atoms with Crippen LogP contribution in [-0.4, -0.2) is 17.4 Å². The Bertz CT molecular complexity index is 568. The van der Waals surface area contributed by atoms with Crippen molar-refractivity contribution in [1.29, 1.82) is 0 Å². The van der Waals surface area contributed by atoms with Crippen molar-refractivity contribution < 1.29 is 4.79 Å². The molecular formula is C14H15ClN2OS. The van der Waals surface area contributed by atoms with Crippen LogP contribution < -0.4 is 5.32 Å². The number of benzene rings is 1. The Labute approximate surface area is 121 Å². The Morgan fingerprint density at radius 1 is 1.47 bits per heavy atom. The molecule has 0 aliphatic heterocycles. The molecule has 1 aromatic carbocycles. The van der Waals surface area contributed by atoms with Crippen molar-refractivity contribution in [3.63, 3.8) is 0 Å². The first-order valence-corrected chi connectivity index (χ1v) is 7.25. The lowest BCUT2D eigenvalue weighted by Gasteiger charge is -2.04. The number of carbonyl (C=O) groups excluding carboxylic acids is 1. The second kappa shape index (κ2) is 6.68. The molecule has 0 saturated heterocycles. The van der Waals surface area contributed by atoms with Gasteiger partial charge in [-0.3, -0.25) is 4.79 Å². The van der Waals surface area contributed by atoms with Gasteiger partial charge in [0.2, 0.25) is 5.91 Å². The summed E-state index contributed by atoms with van der Waals surface area (Å²) in [6, 6.07) is 7.36. The lowest BCUT2D eigenvalue weighted by Crippen LogP contribution is -2.27. The fraction of sp³-hybridized carbons (Fsp3) is 0.286. The van der Waals surface area contributed by atoms with Gasteiger partial charge in [-0.15, -0.1) is 11.3 Å². The van der Waals surface area contributed by atoms with Crippen molar-refractivity contribution in [3.8, 4) is 0 Å². The van der Waals surface area contributed by atoms with Crippen LogP contribution in [0.15, 0.2) is 30.5 Å². The maximum Gasteiger partial charge on any atom is 0.224 e. The molecule has 3 nitrogen and oxygen atoms in total. The Balaban J connectivity index is 1.76. The number of carbonyl (C=O) groups is 1. The number of halogens is 1. The minimum absolute atomic E-state index is 0.00976. The number of hydrogen-bond donors (Lipinski definition) is 1. The predicted molar refractivity (Wildman–Crippen MR) is 78.7 cm³/mol. The zero-order chi connectivity index (χ0) is 13.7. The first-order chi connectivity index (χ1) is 9.13. The van der Waals surface area contributed by atoms with Gasteiger partial charge in [-0.05, 0) is 24.6 Å². The van der Waals surface area contributed by atoms with Gasteiger partial charge in [0.15, 0.2) is 0 Å². The Morgan fingerprint density at radius 2 is 2.32 bits per heavy atom. The monoisotopic (exact) mass is 294 g/mol. The molecule has 1 heterocycles. The van der Waals surface area contributed by atoms with Crippen LogP contribution >= 0.6 is 22.9 Å². The molecule has 0 saturated carbocycles. The van der Waals surface area contributed by atoms with Gasteiger partial charge in [0.25, 0.3) is 0 Å². The Morgan fingerprint density at radius 3 is 3.00 bits per heavy atom. The van der Waals surface area contributed by atoms with Gasteiger partial charge < -0.3 is 5.32 Å². The molecule has 0 spiro atoms. The molecule has 0 bridgehead atoms. The summed E-state index contributed by atoms with van der Waals surface area (Å²) in [6.07, 6.45) is 2.99. The molecule has 1 N–H and O–H groups in total. The van der Waals surface area contributed by atoms with Gasteiger partial charge in [-0.1, -0.05) is 23.7 Å². The molecule has 0 radical (unpaired) electrons. The van der Waals surface area contributed by atoms with Crippen LogP contribution in [0.5, 0.6) is 0 Å². The summed E-state index contributed by atoms with van der Waals surface area (Å²) in [5, 5.41) is 4.61. The maximum atomic E-state index is 11.7. The minimum Gasteiger partial charge on any atom is -0.355 e. The average Bonchev–Trinajstić information content (AvgIpc) is 2.75.